The standard InChI is InChI=1S/C21H24N4O4S/c1-13-6-7-16(10-14(13)2)25-15(3)22-23-21(25)30-20(12-24(26)27)18-11-17(28-4)8-9-19(18)29-5/h6-11,20H,12H2,1-5H3/t20-/m0/s1. The Morgan fingerprint density at radius 1 is 1.07 bits per heavy atom. The summed E-state index contributed by atoms with van der Waals surface area (Å²) in [5.41, 5.74) is 3.92. The van der Waals surface area contributed by atoms with Gasteiger partial charge in [-0.2, -0.15) is 0 Å². The molecule has 0 aliphatic heterocycles. The first-order chi connectivity index (χ1) is 14.3. The zero-order valence-electron chi connectivity index (χ0n) is 17.6. The normalized spacial score (nSPS) is 11.9. The second-order valence-corrected chi connectivity index (χ2v) is 8.03. The average molecular weight is 429 g/mol. The van der Waals surface area contributed by atoms with Crippen LogP contribution in [0.3, 0.4) is 0 Å². The highest BCUT2D eigenvalue weighted by atomic mass is 32.2. The molecule has 8 nitrogen and oxygen atoms in total. The van der Waals surface area contributed by atoms with Crippen LogP contribution in [0.5, 0.6) is 11.5 Å². The molecule has 9 heteroatoms. The average Bonchev–Trinajstić information content (AvgIpc) is 3.08. The third-order valence-corrected chi connectivity index (χ3v) is 6.05. The Morgan fingerprint density at radius 3 is 2.47 bits per heavy atom. The summed E-state index contributed by atoms with van der Waals surface area (Å²) in [6.45, 7) is 5.66. The van der Waals surface area contributed by atoms with Gasteiger partial charge in [0.2, 0.25) is 6.54 Å². The van der Waals surface area contributed by atoms with Gasteiger partial charge in [-0.25, -0.2) is 0 Å². The second kappa shape index (κ2) is 9.17. The number of rotatable bonds is 8. The highest BCUT2D eigenvalue weighted by Crippen LogP contribution is 2.41. The van der Waals surface area contributed by atoms with Crippen molar-refractivity contribution in [3.8, 4) is 17.2 Å². The van der Waals surface area contributed by atoms with E-state index < -0.39 is 5.25 Å². The fraction of sp³-hybridized carbons (Fsp3) is 0.333. The maximum absolute atomic E-state index is 11.4. The molecule has 0 radical (unpaired) electrons. The van der Waals surface area contributed by atoms with E-state index >= 15 is 0 Å². The molecular weight excluding hydrogens is 404 g/mol. The van der Waals surface area contributed by atoms with E-state index in [0.717, 1.165) is 11.3 Å². The summed E-state index contributed by atoms with van der Waals surface area (Å²) in [5.74, 6) is 1.87. The lowest BCUT2D eigenvalue weighted by atomic mass is 10.1. The lowest BCUT2D eigenvalue weighted by molar-refractivity contribution is -0.479. The Kier molecular flexibility index (Phi) is 6.61. The summed E-state index contributed by atoms with van der Waals surface area (Å²) in [7, 11) is 3.10. The Morgan fingerprint density at radius 2 is 1.83 bits per heavy atom. The minimum Gasteiger partial charge on any atom is -0.497 e. The number of methoxy groups -OCH3 is 2. The van der Waals surface area contributed by atoms with Crippen molar-refractivity contribution in [1.29, 1.82) is 0 Å². The van der Waals surface area contributed by atoms with Crippen molar-refractivity contribution in [3.05, 3.63) is 69.0 Å². The third-order valence-electron chi connectivity index (χ3n) is 4.89. The monoisotopic (exact) mass is 428 g/mol. The Hall–Kier alpha value is -3.07. The van der Waals surface area contributed by atoms with Gasteiger partial charge in [0, 0.05) is 16.2 Å². The summed E-state index contributed by atoms with van der Waals surface area (Å²) in [6.07, 6.45) is 0. The lowest BCUT2D eigenvalue weighted by Gasteiger charge is -2.18. The van der Waals surface area contributed by atoms with Crippen LogP contribution in [0.25, 0.3) is 5.69 Å². The summed E-state index contributed by atoms with van der Waals surface area (Å²) in [5, 5.41) is 20.0. The molecule has 0 amide bonds. The van der Waals surface area contributed by atoms with Gasteiger partial charge in [0.05, 0.1) is 14.2 Å². The van der Waals surface area contributed by atoms with Gasteiger partial charge < -0.3 is 9.47 Å². The molecule has 2 aromatic carbocycles. The lowest BCUT2D eigenvalue weighted by Crippen LogP contribution is -2.12. The smallest absolute Gasteiger partial charge is 0.220 e. The first-order valence-corrected chi connectivity index (χ1v) is 10.2. The van der Waals surface area contributed by atoms with E-state index in [1.54, 1.807) is 32.4 Å². The molecular formula is C21H24N4O4S. The first kappa shape index (κ1) is 21.6. The zero-order valence-corrected chi connectivity index (χ0v) is 18.4. The molecule has 0 saturated heterocycles. The predicted octanol–water partition coefficient (Wildman–Crippen LogP) is 4.32. The quantitative estimate of drug-likeness (QED) is 0.300. The van der Waals surface area contributed by atoms with E-state index in [4.69, 9.17) is 9.47 Å². The topological polar surface area (TPSA) is 92.3 Å². The van der Waals surface area contributed by atoms with Crippen molar-refractivity contribution in [2.24, 2.45) is 0 Å². The van der Waals surface area contributed by atoms with Gasteiger partial charge in [-0.05, 0) is 62.2 Å². The van der Waals surface area contributed by atoms with Crippen molar-refractivity contribution in [3.63, 3.8) is 0 Å². The summed E-state index contributed by atoms with van der Waals surface area (Å²) in [4.78, 5) is 11.1. The largest absolute Gasteiger partial charge is 0.497 e. The summed E-state index contributed by atoms with van der Waals surface area (Å²) >= 11 is 1.28. The number of ether oxygens (including phenoxy) is 2. The van der Waals surface area contributed by atoms with E-state index in [1.165, 1.54) is 17.3 Å². The van der Waals surface area contributed by atoms with Crippen LogP contribution in [0, 0.1) is 30.9 Å². The minimum absolute atomic E-state index is 0.299. The van der Waals surface area contributed by atoms with E-state index in [0.29, 0.717) is 28.0 Å². The highest BCUT2D eigenvalue weighted by molar-refractivity contribution is 7.99. The molecule has 0 unspecified atom stereocenters. The van der Waals surface area contributed by atoms with Crippen LogP contribution in [0.2, 0.25) is 0 Å². The number of thioether (sulfide) groups is 1. The second-order valence-electron chi connectivity index (χ2n) is 6.86. The van der Waals surface area contributed by atoms with Crippen LogP contribution in [-0.4, -0.2) is 40.5 Å². The Bertz CT molecular complexity index is 1070. The molecule has 0 spiro atoms. The van der Waals surface area contributed by atoms with Gasteiger partial charge in [0.15, 0.2) is 5.16 Å². The molecule has 158 valence electrons. The zero-order chi connectivity index (χ0) is 21.8. The molecule has 0 saturated carbocycles. The van der Waals surface area contributed by atoms with Gasteiger partial charge in [0.1, 0.15) is 22.6 Å². The predicted molar refractivity (Wildman–Crippen MR) is 116 cm³/mol. The molecule has 3 rings (SSSR count). The van der Waals surface area contributed by atoms with Crippen LogP contribution < -0.4 is 9.47 Å². The van der Waals surface area contributed by atoms with E-state index in [1.807, 2.05) is 30.5 Å². The van der Waals surface area contributed by atoms with Gasteiger partial charge in [0.25, 0.3) is 0 Å². The molecule has 0 aliphatic rings. The molecule has 30 heavy (non-hydrogen) atoms. The number of hydrogen-bond acceptors (Lipinski definition) is 7. The molecule has 0 fully saturated rings. The fourth-order valence-corrected chi connectivity index (χ4v) is 4.33. The molecule has 0 bridgehead atoms. The van der Waals surface area contributed by atoms with Gasteiger partial charge in [-0.3, -0.25) is 14.7 Å². The molecule has 1 atom stereocenters. The van der Waals surface area contributed by atoms with Crippen LogP contribution >= 0.6 is 11.8 Å². The number of aryl methyl sites for hydroxylation is 3. The Labute approximate surface area is 179 Å². The number of benzene rings is 2. The minimum atomic E-state index is -0.543. The van der Waals surface area contributed by atoms with E-state index in [-0.39, 0.29) is 11.5 Å². The maximum Gasteiger partial charge on any atom is 0.220 e. The van der Waals surface area contributed by atoms with Crippen LogP contribution in [0.1, 0.15) is 27.8 Å². The molecule has 1 aromatic heterocycles. The number of hydrogen-bond donors (Lipinski definition) is 0. The van der Waals surface area contributed by atoms with E-state index in [2.05, 4.69) is 23.2 Å². The van der Waals surface area contributed by atoms with Crippen molar-refractivity contribution in [2.45, 2.75) is 31.2 Å². The van der Waals surface area contributed by atoms with Crippen molar-refractivity contribution in [2.75, 3.05) is 20.8 Å². The number of nitrogens with zero attached hydrogens (tertiary/aromatic N) is 4. The van der Waals surface area contributed by atoms with Crippen LogP contribution in [0.15, 0.2) is 41.6 Å². The SMILES string of the molecule is COc1ccc(OC)c([C@H](C[N+](=O)[O-])Sc2nnc(C)n2-c2ccc(C)c(C)c2)c1. The maximum atomic E-state index is 11.4. The molecule has 1 heterocycles. The van der Waals surface area contributed by atoms with Crippen LogP contribution in [-0.2, 0) is 0 Å². The molecule has 0 aliphatic carbocycles. The number of nitro groups is 1. The molecule has 3 aromatic rings. The summed E-state index contributed by atoms with van der Waals surface area (Å²) < 4.78 is 12.7. The number of aromatic nitrogens is 3. The van der Waals surface area contributed by atoms with E-state index in [9.17, 15) is 10.1 Å². The fourth-order valence-electron chi connectivity index (χ4n) is 3.13. The van der Waals surface area contributed by atoms with Crippen molar-refractivity contribution < 1.29 is 14.4 Å². The molecule has 0 N–H and O–H groups in total. The van der Waals surface area contributed by atoms with Crippen LogP contribution in [0.4, 0.5) is 0 Å². The highest BCUT2D eigenvalue weighted by Gasteiger charge is 2.27. The Balaban J connectivity index is 2.06. The van der Waals surface area contributed by atoms with Gasteiger partial charge in [-0.1, -0.05) is 17.8 Å². The van der Waals surface area contributed by atoms with Crippen molar-refractivity contribution in [1.82, 2.24) is 14.8 Å². The summed E-state index contributed by atoms with van der Waals surface area (Å²) in [6, 6.07) is 11.4. The first-order valence-electron chi connectivity index (χ1n) is 9.34. The van der Waals surface area contributed by atoms with Gasteiger partial charge >= 0.3 is 0 Å². The van der Waals surface area contributed by atoms with Gasteiger partial charge in [-0.15, -0.1) is 10.2 Å². The third kappa shape index (κ3) is 4.56. The van der Waals surface area contributed by atoms with Crippen molar-refractivity contribution >= 4 is 11.8 Å².